The zero-order valence-electron chi connectivity index (χ0n) is 14.9. The van der Waals surface area contributed by atoms with Gasteiger partial charge in [0.15, 0.2) is 0 Å². The molecule has 3 nitrogen and oxygen atoms in total. The van der Waals surface area contributed by atoms with Gasteiger partial charge in [0, 0.05) is 26.7 Å². The monoisotopic (exact) mass is 334 g/mol. The maximum absolute atomic E-state index is 12.6. The molecule has 1 unspecified atom stereocenters. The van der Waals surface area contributed by atoms with Gasteiger partial charge in [-0.2, -0.15) is 0 Å². The highest BCUT2D eigenvalue weighted by atomic mass is 16.2. The standard InChI is InChI=1S/C22H26N2O/c1-23-14-5-12-22(21(23)25)13-15-24(17-22)16-18-8-10-20(11-9-18)19-6-3-2-4-7-19/h2-4,6-11H,5,12-17H2,1H3. The quantitative estimate of drug-likeness (QED) is 0.852. The van der Waals surface area contributed by atoms with E-state index in [1.165, 1.54) is 16.7 Å². The number of hydrogen-bond acceptors (Lipinski definition) is 2. The number of nitrogens with zero attached hydrogens (tertiary/aromatic N) is 2. The van der Waals surface area contributed by atoms with E-state index >= 15 is 0 Å². The number of piperidine rings is 1. The summed E-state index contributed by atoms with van der Waals surface area (Å²) in [4.78, 5) is 17.0. The van der Waals surface area contributed by atoms with Crippen LogP contribution in [0.2, 0.25) is 0 Å². The van der Waals surface area contributed by atoms with E-state index in [9.17, 15) is 4.79 Å². The SMILES string of the molecule is CN1CCCC2(CCN(Cc3ccc(-c4ccccc4)cc3)C2)C1=O. The van der Waals surface area contributed by atoms with Gasteiger partial charge in [-0.05, 0) is 42.5 Å². The molecule has 2 aromatic rings. The Labute approximate surface area is 150 Å². The molecule has 130 valence electrons. The fourth-order valence-electron chi connectivity index (χ4n) is 4.43. The summed E-state index contributed by atoms with van der Waals surface area (Å²) in [5.41, 5.74) is 3.72. The molecule has 2 aliphatic rings. The highest BCUT2D eigenvalue weighted by molar-refractivity contribution is 5.83. The Bertz CT molecular complexity index is 740. The fraction of sp³-hybridized carbons (Fsp3) is 0.409. The Hall–Kier alpha value is -2.13. The van der Waals surface area contributed by atoms with Crippen molar-refractivity contribution in [2.24, 2.45) is 5.41 Å². The van der Waals surface area contributed by atoms with Crippen LogP contribution in [0.3, 0.4) is 0 Å². The first-order chi connectivity index (χ1) is 12.2. The normalized spacial score (nSPS) is 24.2. The molecule has 0 radical (unpaired) electrons. The topological polar surface area (TPSA) is 23.6 Å². The van der Waals surface area contributed by atoms with Crippen molar-refractivity contribution in [2.75, 3.05) is 26.7 Å². The Morgan fingerprint density at radius 3 is 2.40 bits per heavy atom. The molecule has 1 amide bonds. The van der Waals surface area contributed by atoms with Gasteiger partial charge in [0.05, 0.1) is 5.41 Å². The second-order valence-corrected chi connectivity index (χ2v) is 7.63. The minimum absolute atomic E-state index is 0.114. The molecule has 3 heteroatoms. The Balaban J connectivity index is 1.42. The molecule has 1 spiro atoms. The van der Waals surface area contributed by atoms with Crippen molar-refractivity contribution in [3.8, 4) is 11.1 Å². The van der Waals surface area contributed by atoms with Gasteiger partial charge in [-0.25, -0.2) is 0 Å². The van der Waals surface area contributed by atoms with Crippen LogP contribution in [-0.4, -0.2) is 42.4 Å². The predicted molar refractivity (Wildman–Crippen MR) is 101 cm³/mol. The van der Waals surface area contributed by atoms with Crippen LogP contribution in [0.1, 0.15) is 24.8 Å². The third-order valence-electron chi connectivity index (χ3n) is 5.85. The van der Waals surface area contributed by atoms with Crippen molar-refractivity contribution in [1.82, 2.24) is 9.80 Å². The lowest BCUT2D eigenvalue weighted by Gasteiger charge is -2.37. The minimum Gasteiger partial charge on any atom is -0.345 e. The first-order valence-electron chi connectivity index (χ1n) is 9.29. The Morgan fingerprint density at radius 2 is 1.64 bits per heavy atom. The molecular formula is C22H26N2O. The molecule has 2 fully saturated rings. The first-order valence-corrected chi connectivity index (χ1v) is 9.29. The van der Waals surface area contributed by atoms with E-state index in [1.807, 2.05) is 18.0 Å². The van der Waals surface area contributed by atoms with Gasteiger partial charge < -0.3 is 4.90 Å². The summed E-state index contributed by atoms with van der Waals surface area (Å²) in [7, 11) is 1.95. The third kappa shape index (κ3) is 3.21. The summed E-state index contributed by atoms with van der Waals surface area (Å²) in [5.74, 6) is 0.362. The van der Waals surface area contributed by atoms with E-state index in [1.54, 1.807) is 0 Å². The highest BCUT2D eigenvalue weighted by Gasteiger charge is 2.47. The van der Waals surface area contributed by atoms with Crippen LogP contribution in [0.15, 0.2) is 54.6 Å². The molecule has 0 aliphatic carbocycles. The Morgan fingerprint density at radius 1 is 0.920 bits per heavy atom. The molecule has 0 aromatic heterocycles. The van der Waals surface area contributed by atoms with Gasteiger partial charge in [0.2, 0.25) is 5.91 Å². The minimum atomic E-state index is -0.114. The number of benzene rings is 2. The van der Waals surface area contributed by atoms with Crippen molar-refractivity contribution < 1.29 is 4.79 Å². The van der Waals surface area contributed by atoms with Gasteiger partial charge in [0.25, 0.3) is 0 Å². The van der Waals surface area contributed by atoms with Crippen LogP contribution in [-0.2, 0) is 11.3 Å². The Kier molecular flexibility index (Phi) is 4.34. The lowest BCUT2D eigenvalue weighted by molar-refractivity contribution is -0.143. The van der Waals surface area contributed by atoms with Gasteiger partial charge in [-0.15, -0.1) is 0 Å². The lowest BCUT2D eigenvalue weighted by atomic mass is 9.78. The molecule has 0 saturated carbocycles. The van der Waals surface area contributed by atoms with Crippen LogP contribution in [0.25, 0.3) is 11.1 Å². The lowest BCUT2D eigenvalue weighted by Crippen LogP contribution is -2.48. The van der Waals surface area contributed by atoms with Crippen LogP contribution >= 0.6 is 0 Å². The molecule has 1 atom stereocenters. The van der Waals surface area contributed by atoms with E-state index < -0.39 is 0 Å². The highest BCUT2D eigenvalue weighted by Crippen LogP contribution is 2.40. The molecule has 2 saturated heterocycles. The summed E-state index contributed by atoms with van der Waals surface area (Å²) in [6, 6.07) is 19.3. The van der Waals surface area contributed by atoms with E-state index in [4.69, 9.17) is 0 Å². The van der Waals surface area contributed by atoms with Gasteiger partial charge in [-0.1, -0.05) is 54.6 Å². The second-order valence-electron chi connectivity index (χ2n) is 7.63. The maximum Gasteiger partial charge on any atom is 0.229 e. The number of hydrogen-bond donors (Lipinski definition) is 0. The molecular weight excluding hydrogens is 308 g/mol. The largest absolute Gasteiger partial charge is 0.345 e. The van der Waals surface area contributed by atoms with Gasteiger partial charge in [-0.3, -0.25) is 9.69 Å². The molecule has 2 aliphatic heterocycles. The molecule has 2 aromatic carbocycles. The molecule has 0 N–H and O–H groups in total. The van der Waals surface area contributed by atoms with Gasteiger partial charge in [0.1, 0.15) is 0 Å². The summed E-state index contributed by atoms with van der Waals surface area (Å²) >= 11 is 0. The number of likely N-dealkylation sites (tertiary alicyclic amines) is 2. The molecule has 2 heterocycles. The number of rotatable bonds is 3. The van der Waals surface area contributed by atoms with E-state index in [0.29, 0.717) is 5.91 Å². The fourth-order valence-corrected chi connectivity index (χ4v) is 4.43. The van der Waals surface area contributed by atoms with Crippen molar-refractivity contribution in [2.45, 2.75) is 25.8 Å². The zero-order valence-corrected chi connectivity index (χ0v) is 14.9. The average Bonchev–Trinajstić information content (AvgIpc) is 3.05. The smallest absolute Gasteiger partial charge is 0.229 e. The summed E-state index contributed by atoms with van der Waals surface area (Å²) in [6.45, 7) is 3.80. The van der Waals surface area contributed by atoms with Crippen molar-refractivity contribution in [3.63, 3.8) is 0 Å². The van der Waals surface area contributed by atoms with Crippen LogP contribution in [0.5, 0.6) is 0 Å². The summed E-state index contributed by atoms with van der Waals surface area (Å²) < 4.78 is 0. The maximum atomic E-state index is 12.6. The van der Waals surface area contributed by atoms with E-state index in [-0.39, 0.29) is 5.41 Å². The van der Waals surface area contributed by atoms with Gasteiger partial charge >= 0.3 is 0 Å². The van der Waals surface area contributed by atoms with Crippen LogP contribution in [0, 0.1) is 5.41 Å². The molecule has 4 rings (SSSR count). The second kappa shape index (κ2) is 6.64. The number of amides is 1. The predicted octanol–water partition coefficient (Wildman–Crippen LogP) is 3.80. The van der Waals surface area contributed by atoms with E-state index in [0.717, 1.165) is 45.4 Å². The molecule has 0 bridgehead atoms. The van der Waals surface area contributed by atoms with Crippen LogP contribution < -0.4 is 0 Å². The first kappa shape index (κ1) is 16.3. The van der Waals surface area contributed by atoms with Crippen molar-refractivity contribution in [3.05, 3.63) is 60.2 Å². The number of carbonyl (C=O) groups excluding carboxylic acids is 1. The van der Waals surface area contributed by atoms with Crippen molar-refractivity contribution in [1.29, 1.82) is 0 Å². The molecule has 25 heavy (non-hydrogen) atoms. The van der Waals surface area contributed by atoms with Crippen LogP contribution in [0.4, 0.5) is 0 Å². The average molecular weight is 334 g/mol. The zero-order chi connectivity index (χ0) is 17.3. The van der Waals surface area contributed by atoms with E-state index in [2.05, 4.69) is 53.4 Å². The van der Waals surface area contributed by atoms with Crippen molar-refractivity contribution >= 4 is 5.91 Å². The number of carbonyl (C=O) groups is 1. The summed E-state index contributed by atoms with van der Waals surface area (Å²) in [5, 5.41) is 0. The summed E-state index contributed by atoms with van der Waals surface area (Å²) in [6.07, 6.45) is 3.21. The third-order valence-corrected chi connectivity index (χ3v) is 5.85.